The van der Waals surface area contributed by atoms with Crippen molar-refractivity contribution in [3.8, 4) is 5.75 Å². The van der Waals surface area contributed by atoms with Crippen molar-refractivity contribution in [1.82, 2.24) is 10.2 Å². The molecule has 2 atom stereocenters. The van der Waals surface area contributed by atoms with E-state index in [1.807, 2.05) is 66.5 Å². The summed E-state index contributed by atoms with van der Waals surface area (Å²) in [6.45, 7) is 0.802. The number of carbonyl (C=O) groups excluding carboxylic acids is 1. The van der Waals surface area contributed by atoms with Gasteiger partial charge in [-0.2, -0.15) is 0 Å². The summed E-state index contributed by atoms with van der Waals surface area (Å²) < 4.78 is 19.1. The molecule has 0 fully saturated rings. The van der Waals surface area contributed by atoms with Gasteiger partial charge in [-0.25, -0.2) is 4.39 Å². The third kappa shape index (κ3) is 4.52. The summed E-state index contributed by atoms with van der Waals surface area (Å²) >= 11 is 0. The van der Waals surface area contributed by atoms with E-state index in [1.54, 1.807) is 12.1 Å². The highest BCUT2D eigenvalue weighted by Gasteiger charge is 2.25. The summed E-state index contributed by atoms with van der Waals surface area (Å²) in [7, 11) is 1.92. The van der Waals surface area contributed by atoms with Crippen LogP contribution in [-0.4, -0.2) is 31.0 Å². The van der Waals surface area contributed by atoms with Crippen molar-refractivity contribution >= 4 is 5.91 Å². The number of rotatable bonds is 6. The van der Waals surface area contributed by atoms with Gasteiger partial charge >= 0.3 is 0 Å². The molecule has 3 aromatic carbocycles. The second-order valence-electron chi connectivity index (χ2n) is 7.57. The maximum Gasteiger partial charge on any atom is 0.234 e. The lowest BCUT2D eigenvalue weighted by Crippen LogP contribution is -2.40. The Hall–Kier alpha value is -3.18. The van der Waals surface area contributed by atoms with Crippen LogP contribution >= 0.6 is 0 Å². The van der Waals surface area contributed by atoms with E-state index in [1.165, 1.54) is 12.1 Å². The summed E-state index contributed by atoms with van der Waals surface area (Å²) in [5.41, 5.74) is 3.00. The molecule has 0 bridgehead atoms. The van der Waals surface area contributed by atoms with Crippen LogP contribution in [0.5, 0.6) is 5.75 Å². The molecule has 1 amide bonds. The standard InChI is InChI=1S/C25H25FN2O2/c1-28(17-24(29)27-22-15-16-30-23-10-6-5-9-21(22)23)25(18-7-3-2-4-8-18)19-11-13-20(26)14-12-19/h2-14,22,25H,15-17H2,1H3,(H,27,29). The van der Waals surface area contributed by atoms with E-state index >= 15 is 0 Å². The number of amides is 1. The van der Waals surface area contributed by atoms with Gasteiger partial charge in [0.2, 0.25) is 5.91 Å². The first-order valence-corrected chi connectivity index (χ1v) is 10.1. The Kier molecular flexibility index (Phi) is 6.10. The molecule has 2 unspecified atom stereocenters. The largest absolute Gasteiger partial charge is 0.493 e. The molecule has 0 radical (unpaired) electrons. The molecule has 4 rings (SSSR count). The van der Waals surface area contributed by atoms with Gasteiger partial charge in [-0.1, -0.05) is 60.7 Å². The highest BCUT2D eigenvalue weighted by molar-refractivity contribution is 5.78. The molecule has 0 aromatic heterocycles. The van der Waals surface area contributed by atoms with Gasteiger partial charge in [0, 0.05) is 12.0 Å². The molecule has 1 aliphatic rings. The first-order chi connectivity index (χ1) is 14.6. The first kappa shape index (κ1) is 20.1. The van der Waals surface area contributed by atoms with Crippen LogP contribution in [0.1, 0.15) is 35.2 Å². The number of hydrogen-bond acceptors (Lipinski definition) is 3. The predicted molar refractivity (Wildman–Crippen MR) is 115 cm³/mol. The third-order valence-electron chi connectivity index (χ3n) is 5.43. The average Bonchev–Trinajstić information content (AvgIpc) is 2.76. The van der Waals surface area contributed by atoms with E-state index in [4.69, 9.17) is 4.74 Å². The van der Waals surface area contributed by atoms with Crippen LogP contribution in [0.4, 0.5) is 4.39 Å². The summed E-state index contributed by atoms with van der Waals surface area (Å²) in [5.74, 6) is 0.502. The van der Waals surface area contributed by atoms with Crippen LogP contribution in [-0.2, 0) is 4.79 Å². The van der Waals surface area contributed by atoms with Crippen molar-refractivity contribution in [2.24, 2.45) is 0 Å². The lowest BCUT2D eigenvalue weighted by atomic mass is 9.97. The Morgan fingerprint density at radius 3 is 2.47 bits per heavy atom. The minimum absolute atomic E-state index is 0.0535. The van der Waals surface area contributed by atoms with E-state index in [-0.39, 0.29) is 30.4 Å². The Labute approximate surface area is 176 Å². The van der Waals surface area contributed by atoms with Crippen molar-refractivity contribution in [2.45, 2.75) is 18.5 Å². The van der Waals surface area contributed by atoms with Crippen LogP contribution in [0.3, 0.4) is 0 Å². The van der Waals surface area contributed by atoms with E-state index in [0.29, 0.717) is 6.61 Å². The van der Waals surface area contributed by atoms with Gasteiger partial charge in [0.15, 0.2) is 0 Å². The number of para-hydroxylation sites is 1. The van der Waals surface area contributed by atoms with Crippen molar-refractivity contribution in [2.75, 3.05) is 20.2 Å². The lowest BCUT2D eigenvalue weighted by molar-refractivity contribution is -0.123. The quantitative estimate of drug-likeness (QED) is 0.658. The molecule has 3 aromatic rings. The fraction of sp³-hybridized carbons (Fsp3) is 0.240. The summed E-state index contributed by atoms with van der Waals surface area (Å²) in [5, 5.41) is 3.15. The highest BCUT2D eigenvalue weighted by atomic mass is 19.1. The van der Waals surface area contributed by atoms with Gasteiger partial charge in [0.05, 0.1) is 25.2 Å². The number of benzene rings is 3. The molecule has 1 heterocycles. The summed E-state index contributed by atoms with van der Waals surface area (Å²) in [4.78, 5) is 14.9. The number of fused-ring (bicyclic) bond motifs is 1. The van der Waals surface area contributed by atoms with Crippen molar-refractivity contribution in [1.29, 1.82) is 0 Å². The van der Waals surface area contributed by atoms with Gasteiger partial charge < -0.3 is 10.1 Å². The van der Waals surface area contributed by atoms with E-state index in [0.717, 1.165) is 28.9 Å². The number of halogens is 1. The van der Waals surface area contributed by atoms with Gasteiger partial charge in [-0.15, -0.1) is 0 Å². The van der Waals surface area contributed by atoms with Crippen LogP contribution in [0, 0.1) is 5.82 Å². The minimum Gasteiger partial charge on any atom is -0.493 e. The number of nitrogens with zero attached hydrogens (tertiary/aromatic N) is 1. The zero-order chi connectivity index (χ0) is 20.9. The van der Waals surface area contributed by atoms with Crippen molar-refractivity contribution in [3.05, 3.63) is 101 Å². The molecule has 4 nitrogen and oxygen atoms in total. The highest BCUT2D eigenvalue weighted by Crippen LogP contribution is 2.32. The second kappa shape index (κ2) is 9.09. The molecular weight excluding hydrogens is 379 g/mol. The zero-order valence-electron chi connectivity index (χ0n) is 16.9. The Morgan fingerprint density at radius 2 is 1.70 bits per heavy atom. The smallest absolute Gasteiger partial charge is 0.234 e. The first-order valence-electron chi connectivity index (χ1n) is 10.1. The number of carbonyl (C=O) groups is 1. The number of ether oxygens (including phenoxy) is 1. The molecular formula is C25H25FN2O2. The van der Waals surface area contributed by atoms with E-state index in [9.17, 15) is 9.18 Å². The van der Waals surface area contributed by atoms with Crippen LogP contribution in [0.25, 0.3) is 0 Å². The normalized spacial score (nSPS) is 16.4. The molecule has 0 saturated heterocycles. The maximum absolute atomic E-state index is 13.5. The second-order valence-corrected chi connectivity index (χ2v) is 7.57. The van der Waals surface area contributed by atoms with Crippen LogP contribution in [0.2, 0.25) is 0 Å². The fourth-order valence-electron chi connectivity index (χ4n) is 4.03. The molecule has 0 spiro atoms. The third-order valence-corrected chi connectivity index (χ3v) is 5.43. The molecule has 1 aliphatic heterocycles. The molecule has 30 heavy (non-hydrogen) atoms. The van der Waals surface area contributed by atoms with Crippen LogP contribution < -0.4 is 10.1 Å². The number of likely N-dealkylation sites (N-methyl/N-ethyl adjacent to an activating group) is 1. The topological polar surface area (TPSA) is 41.6 Å². The number of hydrogen-bond donors (Lipinski definition) is 1. The number of nitrogens with one attached hydrogen (secondary N) is 1. The summed E-state index contributed by atoms with van der Waals surface area (Å²) in [6.07, 6.45) is 0.743. The molecule has 0 saturated carbocycles. The maximum atomic E-state index is 13.5. The predicted octanol–water partition coefficient (Wildman–Crippen LogP) is 4.49. The minimum atomic E-state index is -0.274. The zero-order valence-corrected chi connectivity index (χ0v) is 16.9. The molecule has 154 valence electrons. The SMILES string of the molecule is CN(CC(=O)NC1CCOc2ccccc21)C(c1ccccc1)c1ccc(F)cc1. The van der Waals surface area contributed by atoms with Gasteiger partial charge in [0.25, 0.3) is 0 Å². The Morgan fingerprint density at radius 1 is 1.03 bits per heavy atom. The Bertz CT molecular complexity index is 992. The molecule has 1 N–H and O–H groups in total. The van der Waals surface area contributed by atoms with E-state index < -0.39 is 0 Å². The van der Waals surface area contributed by atoms with Crippen LogP contribution in [0.15, 0.2) is 78.9 Å². The van der Waals surface area contributed by atoms with Gasteiger partial charge in [-0.05, 0) is 36.4 Å². The van der Waals surface area contributed by atoms with Gasteiger partial charge in [0.1, 0.15) is 11.6 Å². The molecule has 5 heteroatoms. The van der Waals surface area contributed by atoms with Crippen molar-refractivity contribution in [3.63, 3.8) is 0 Å². The monoisotopic (exact) mass is 404 g/mol. The van der Waals surface area contributed by atoms with Gasteiger partial charge in [-0.3, -0.25) is 9.69 Å². The van der Waals surface area contributed by atoms with Crippen molar-refractivity contribution < 1.29 is 13.9 Å². The molecule has 0 aliphatic carbocycles. The Balaban J connectivity index is 1.51. The fourth-order valence-corrected chi connectivity index (χ4v) is 4.03. The lowest BCUT2D eigenvalue weighted by Gasteiger charge is -2.30. The summed E-state index contributed by atoms with van der Waals surface area (Å²) in [6, 6.07) is 24.0. The van der Waals surface area contributed by atoms with E-state index in [2.05, 4.69) is 5.32 Å². The average molecular weight is 404 g/mol.